The first-order valence-corrected chi connectivity index (χ1v) is 5.14. The third-order valence-corrected chi connectivity index (χ3v) is 3.01. The summed E-state index contributed by atoms with van der Waals surface area (Å²) >= 11 is 6.36. The summed E-state index contributed by atoms with van der Waals surface area (Å²) in [6.45, 7) is 0. The van der Waals surface area contributed by atoms with Crippen LogP contribution in [0.5, 0.6) is 0 Å². The van der Waals surface area contributed by atoms with Gasteiger partial charge in [0.1, 0.15) is 0 Å². The number of non-ortho nitro benzene ring substituents is 1. The van der Waals surface area contributed by atoms with Gasteiger partial charge in [0.15, 0.2) is 0 Å². The average molecular weight is 320 g/mol. The highest BCUT2D eigenvalue weighted by molar-refractivity contribution is 9.11. The zero-order valence-corrected chi connectivity index (χ0v) is 10.0. The van der Waals surface area contributed by atoms with Crippen LogP contribution in [0.2, 0.25) is 0 Å². The molecule has 0 atom stereocenters. The van der Waals surface area contributed by atoms with E-state index in [9.17, 15) is 10.1 Å². The van der Waals surface area contributed by atoms with Crippen LogP contribution in [-0.4, -0.2) is 4.92 Å². The molecule has 0 aromatic heterocycles. The summed E-state index contributed by atoms with van der Waals surface area (Å²) in [6.07, 6.45) is 0.208. The summed E-state index contributed by atoms with van der Waals surface area (Å²) in [5.74, 6) is 0. The minimum Gasteiger partial charge on any atom is -0.258 e. The zero-order valence-electron chi connectivity index (χ0n) is 6.83. The smallest absolute Gasteiger partial charge is 0.258 e. The normalized spacial score (nSPS) is 9.50. The van der Waals surface area contributed by atoms with E-state index in [-0.39, 0.29) is 12.1 Å². The van der Waals surface area contributed by atoms with E-state index >= 15 is 0 Å². The molecular formula is C8H4Br2N2O2. The Balaban J connectivity index is 3.26. The number of rotatable bonds is 2. The molecule has 0 saturated carbocycles. The van der Waals surface area contributed by atoms with Gasteiger partial charge in [-0.25, -0.2) is 0 Å². The predicted octanol–water partition coefficient (Wildman–Crippen LogP) is 3.19. The maximum Gasteiger partial charge on any atom is 0.271 e. The van der Waals surface area contributed by atoms with E-state index in [0.717, 1.165) is 5.56 Å². The molecule has 0 radical (unpaired) electrons. The number of hydrogen-bond acceptors (Lipinski definition) is 3. The van der Waals surface area contributed by atoms with Gasteiger partial charge in [-0.1, -0.05) is 31.9 Å². The lowest BCUT2D eigenvalue weighted by molar-refractivity contribution is -0.385. The summed E-state index contributed by atoms with van der Waals surface area (Å²) in [6, 6.07) is 4.76. The Hall–Kier alpha value is -0.930. The van der Waals surface area contributed by atoms with E-state index in [4.69, 9.17) is 5.26 Å². The first-order chi connectivity index (χ1) is 6.56. The molecule has 0 spiro atoms. The van der Waals surface area contributed by atoms with Crippen molar-refractivity contribution in [3.63, 3.8) is 0 Å². The number of nitro groups is 1. The summed E-state index contributed by atoms with van der Waals surface area (Å²) in [5.41, 5.74) is 0.712. The number of nitrogens with zero attached hydrogens (tertiary/aromatic N) is 2. The summed E-state index contributed by atoms with van der Waals surface area (Å²) < 4.78 is 1.14. The first-order valence-electron chi connectivity index (χ1n) is 3.55. The number of nitriles is 1. The van der Waals surface area contributed by atoms with Gasteiger partial charge < -0.3 is 0 Å². The number of nitro benzene ring substituents is 1. The van der Waals surface area contributed by atoms with Crippen molar-refractivity contribution in [3.05, 3.63) is 36.8 Å². The molecule has 14 heavy (non-hydrogen) atoms. The van der Waals surface area contributed by atoms with Gasteiger partial charge in [-0.05, 0) is 5.56 Å². The van der Waals surface area contributed by atoms with Crippen LogP contribution < -0.4 is 0 Å². The maximum absolute atomic E-state index is 10.5. The fourth-order valence-corrected chi connectivity index (χ4v) is 2.39. The van der Waals surface area contributed by atoms with Crippen molar-refractivity contribution < 1.29 is 4.92 Å². The molecule has 1 aromatic rings. The van der Waals surface area contributed by atoms with Crippen LogP contribution >= 0.6 is 31.9 Å². The van der Waals surface area contributed by atoms with Gasteiger partial charge in [0.05, 0.1) is 17.4 Å². The lowest BCUT2D eigenvalue weighted by Crippen LogP contribution is -1.92. The molecule has 0 fully saturated rings. The highest BCUT2D eigenvalue weighted by Crippen LogP contribution is 2.30. The van der Waals surface area contributed by atoms with Gasteiger partial charge in [0.2, 0.25) is 0 Å². The Morgan fingerprint density at radius 1 is 1.43 bits per heavy atom. The molecule has 1 rings (SSSR count). The number of benzene rings is 1. The van der Waals surface area contributed by atoms with Gasteiger partial charge in [0, 0.05) is 21.1 Å². The lowest BCUT2D eigenvalue weighted by Gasteiger charge is -2.02. The van der Waals surface area contributed by atoms with Crippen molar-refractivity contribution in [1.82, 2.24) is 0 Å². The van der Waals surface area contributed by atoms with Gasteiger partial charge in [-0.15, -0.1) is 0 Å². The van der Waals surface area contributed by atoms with Crippen LogP contribution in [-0.2, 0) is 6.42 Å². The minimum absolute atomic E-state index is 0.00885. The minimum atomic E-state index is -0.480. The van der Waals surface area contributed by atoms with E-state index < -0.39 is 4.92 Å². The highest BCUT2D eigenvalue weighted by atomic mass is 79.9. The molecule has 6 heteroatoms. The lowest BCUT2D eigenvalue weighted by atomic mass is 10.1. The highest BCUT2D eigenvalue weighted by Gasteiger charge is 2.13. The molecule has 0 saturated heterocycles. The first kappa shape index (κ1) is 11.1. The summed E-state index contributed by atoms with van der Waals surface area (Å²) in [7, 11) is 0. The topological polar surface area (TPSA) is 66.9 Å². The van der Waals surface area contributed by atoms with Crippen LogP contribution in [0.4, 0.5) is 5.69 Å². The molecule has 0 aliphatic heterocycles. The molecular weight excluding hydrogens is 316 g/mol. The van der Waals surface area contributed by atoms with Crippen molar-refractivity contribution >= 4 is 37.5 Å². The van der Waals surface area contributed by atoms with Crippen molar-refractivity contribution in [2.75, 3.05) is 0 Å². The molecule has 4 nitrogen and oxygen atoms in total. The molecule has 72 valence electrons. The Labute approximate surface area is 96.9 Å². The third kappa shape index (κ3) is 2.30. The zero-order chi connectivity index (χ0) is 10.7. The van der Waals surface area contributed by atoms with Crippen molar-refractivity contribution in [2.45, 2.75) is 6.42 Å². The molecule has 0 aliphatic rings. The maximum atomic E-state index is 10.5. The molecule has 1 aromatic carbocycles. The van der Waals surface area contributed by atoms with E-state index in [1.165, 1.54) is 12.1 Å². The molecule has 0 bridgehead atoms. The van der Waals surface area contributed by atoms with Crippen molar-refractivity contribution in [2.24, 2.45) is 0 Å². The van der Waals surface area contributed by atoms with E-state index in [2.05, 4.69) is 31.9 Å². The van der Waals surface area contributed by atoms with Crippen LogP contribution in [0.1, 0.15) is 5.56 Å². The van der Waals surface area contributed by atoms with E-state index in [0.29, 0.717) is 8.95 Å². The van der Waals surface area contributed by atoms with Gasteiger partial charge >= 0.3 is 0 Å². The second kappa shape index (κ2) is 4.53. The van der Waals surface area contributed by atoms with Crippen molar-refractivity contribution in [3.8, 4) is 6.07 Å². The summed E-state index contributed by atoms with van der Waals surface area (Å²) in [5, 5.41) is 19.0. The van der Waals surface area contributed by atoms with Crippen molar-refractivity contribution in [1.29, 1.82) is 5.26 Å². The van der Waals surface area contributed by atoms with E-state index in [1.807, 2.05) is 6.07 Å². The fourth-order valence-electron chi connectivity index (χ4n) is 0.943. The number of halogens is 2. The van der Waals surface area contributed by atoms with Gasteiger partial charge in [0.25, 0.3) is 5.69 Å². The Kier molecular flexibility index (Phi) is 3.61. The van der Waals surface area contributed by atoms with Crippen LogP contribution in [0, 0.1) is 21.4 Å². The quantitative estimate of drug-likeness (QED) is 0.621. The van der Waals surface area contributed by atoms with Crippen LogP contribution in [0.25, 0.3) is 0 Å². The van der Waals surface area contributed by atoms with E-state index in [1.54, 1.807) is 0 Å². The van der Waals surface area contributed by atoms with Gasteiger partial charge in [-0.3, -0.25) is 10.1 Å². The SMILES string of the molecule is N#CCc1c(Br)cc([N+](=O)[O-])cc1Br. The van der Waals surface area contributed by atoms with Crippen LogP contribution in [0.3, 0.4) is 0 Å². The molecule has 0 heterocycles. The van der Waals surface area contributed by atoms with Gasteiger partial charge in [-0.2, -0.15) is 5.26 Å². The summed E-state index contributed by atoms with van der Waals surface area (Å²) in [4.78, 5) is 9.99. The third-order valence-electron chi connectivity index (χ3n) is 1.59. The molecule has 0 amide bonds. The molecule has 0 aliphatic carbocycles. The fraction of sp³-hybridized carbons (Fsp3) is 0.125. The second-order valence-electron chi connectivity index (χ2n) is 2.48. The average Bonchev–Trinajstić information content (AvgIpc) is 2.10. The largest absolute Gasteiger partial charge is 0.271 e. The molecule has 0 unspecified atom stereocenters. The Bertz CT molecular complexity index is 403. The Morgan fingerprint density at radius 2 is 1.93 bits per heavy atom. The monoisotopic (exact) mass is 318 g/mol. The second-order valence-corrected chi connectivity index (χ2v) is 4.19. The number of hydrogen-bond donors (Lipinski definition) is 0. The standard InChI is InChI=1S/C8H4Br2N2O2/c9-7-3-5(12(13)14)4-8(10)6(7)1-2-11/h3-4H,1H2. The van der Waals surface area contributed by atoms with Crippen LogP contribution in [0.15, 0.2) is 21.1 Å². The molecule has 0 N–H and O–H groups in total. The predicted molar refractivity (Wildman–Crippen MR) is 57.8 cm³/mol. The Morgan fingerprint density at radius 3 is 2.29 bits per heavy atom.